The maximum atomic E-state index is 12.0. The lowest BCUT2D eigenvalue weighted by molar-refractivity contribution is -0.311. The Balaban J connectivity index is 2.27. The monoisotopic (exact) mass is 557 g/mol. The molecule has 1 aromatic rings. The van der Waals surface area contributed by atoms with E-state index in [1.54, 1.807) is 0 Å². The molecule has 0 aliphatic rings. The number of phenolic OH excluding ortho intramolecular Hbond substituents is 1. The van der Waals surface area contributed by atoms with E-state index >= 15 is 0 Å². The smallest absolute Gasteiger partial charge is 0.123 e. The zero-order valence-electron chi connectivity index (χ0n) is 27.6. The number of unbranched alkanes of at least 4 members (excludes halogenated alkanes) is 17. The largest absolute Gasteiger partial charge is 0.550 e. The van der Waals surface area contributed by atoms with E-state index in [2.05, 4.69) is 48.5 Å². The molecule has 40 heavy (non-hydrogen) atoms. The van der Waals surface area contributed by atoms with Crippen molar-refractivity contribution in [3.05, 3.63) is 28.8 Å². The SMILES string of the molecule is CCCCCCCCCCCCCCCCCCCCC(Cc1cc(C(C)(C)C)c(O)c(C(C)(C)C)c1)C(=O)[O-]. The number of hydrogen-bond donors (Lipinski definition) is 1. The molecule has 0 saturated carbocycles. The highest BCUT2D eigenvalue weighted by atomic mass is 16.4. The van der Waals surface area contributed by atoms with Gasteiger partial charge in [-0.1, -0.05) is 176 Å². The molecule has 1 atom stereocenters. The van der Waals surface area contributed by atoms with Crippen LogP contribution in [0.25, 0.3) is 0 Å². The molecule has 0 amide bonds. The molecule has 0 aromatic heterocycles. The summed E-state index contributed by atoms with van der Waals surface area (Å²) in [6.45, 7) is 14.8. The van der Waals surface area contributed by atoms with Crippen LogP contribution in [0.1, 0.15) is 187 Å². The Morgan fingerprint density at radius 3 is 1.27 bits per heavy atom. The molecule has 1 unspecified atom stereocenters. The van der Waals surface area contributed by atoms with E-state index in [0.29, 0.717) is 18.6 Å². The van der Waals surface area contributed by atoms with E-state index in [9.17, 15) is 15.0 Å². The van der Waals surface area contributed by atoms with E-state index in [-0.39, 0.29) is 10.8 Å². The molecule has 1 N–H and O–H groups in total. The molecular formula is C37H65O3-. The molecule has 1 aromatic carbocycles. The Hall–Kier alpha value is -1.51. The number of phenols is 1. The van der Waals surface area contributed by atoms with Gasteiger partial charge in [0.1, 0.15) is 5.75 Å². The minimum absolute atomic E-state index is 0.218. The number of hydrogen-bond acceptors (Lipinski definition) is 3. The van der Waals surface area contributed by atoms with Crippen LogP contribution in [0.15, 0.2) is 12.1 Å². The van der Waals surface area contributed by atoms with Gasteiger partial charge in [0, 0.05) is 11.9 Å². The average molecular weight is 558 g/mol. The number of aliphatic carboxylic acids is 1. The highest BCUT2D eigenvalue weighted by Crippen LogP contribution is 2.40. The fourth-order valence-electron chi connectivity index (χ4n) is 5.84. The van der Waals surface area contributed by atoms with Crippen LogP contribution in [0.4, 0.5) is 0 Å². The van der Waals surface area contributed by atoms with Gasteiger partial charge >= 0.3 is 0 Å². The summed E-state index contributed by atoms with van der Waals surface area (Å²) in [5.74, 6) is -1.09. The molecule has 0 heterocycles. The van der Waals surface area contributed by atoms with Crippen molar-refractivity contribution in [2.75, 3.05) is 0 Å². The number of carbonyl (C=O) groups excluding carboxylic acids is 1. The molecule has 0 spiro atoms. The van der Waals surface area contributed by atoms with Crippen LogP contribution >= 0.6 is 0 Å². The lowest BCUT2D eigenvalue weighted by Crippen LogP contribution is -2.32. The average Bonchev–Trinajstić information content (AvgIpc) is 2.86. The van der Waals surface area contributed by atoms with E-state index in [4.69, 9.17) is 0 Å². The van der Waals surface area contributed by atoms with Crippen LogP contribution in [-0.4, -0.2) is 11.1 Å². The fraction of sp³-hybridized carbons (Fsp3) is 0.811. The van der Waals surface area contributed by atoms with Gasteiger partial charge in [0.2, 0.25) is 0 Å². The normalized spacial score (nSPS) is 13.1. The van der Waals surface area contributed by atoms with Gasteiger partial charge < -0.3 is 15.0 Å². The van der Waals surface area contributed by atoms with E-state index in [1.165, 1.54) is 103 Å². The number of aromatic hydroxyl groups is 1. The predicted molar refractivity (Wildman–Crippen MR) is 171 cm³/mol. The van der Waals surface area contributed by atoms with Crippen molar-refractivity contribution in [3.63, 3.8) is 0 Å². The topological polar surface area (TPSA) is 60.4 Å². The quantitative estimate of drug-likeness (QED) is 0.144. The third-order valence-corrected chi connectivity index (χ3v) is 8.51. The number of benzene rings is 1. The minimum atomic E-state index is -0.949. The highest BCUT2D eigenvalue weighted by Gasteiger charge is 2.27. The van der Waals surface area contributed by atoms with Crippen LogP contribution in [0.3, 0.4) is 0 Å². The van der Waals surface area contributed by atoms with Crippen molar-refractivity contribution >= 4 is 5.97 Å². The van der Waals surface area contributed by atoms with Crippen LogP contribution in [0, 0.1) is 5.92 Å². The maximum Gasteiger partial charge on any atom is 0.123 e. The first kappa shape index (κ1) is 36.5. The molecule has 0 saturated heterocycles. The van der Waals surface area contributed by atoms with Gasteiger partial charge in [0.05, 0.1) is 0 Å². The Morgan fingerprint density at radius 2 is 0.975 bits per heavy atom. The van der Waals surface area contributed by atoms with Crippen molar-refractivity contribution in [1.29, 1.82) is 0 Å². The van der Waals surface area contributed by atoms with Gasteiger partial charge in [-0.05, 0) is 40.4 Å². The number of rotatable bonds is 22. The first-order valence-corrected chi connectivity index (χ1v) is 17.0. The minimum Gasteiger partial charge on any atom is -0.550 e. The summed E-state index contributed by atoms with van der Waals surface area (Å²) in [5.41, 5.74) is 2.33. The Kier molecular flexibility index (Phi) is 17.9. The molecule has 1 rings (SSSR count). The van der Waals surface area contributed by atoms with Crippen molar-refractivity contribution in [2.45, 2.75) is 188 Å². The maximum absolute atomic E-state index is 12.0. The van der Waals surface area contributed by atoms with Crippen molar-refractivity contribution in [1.82, 2.24) is 0 Å². The van der Waals surface area contributed by atoms with Crippen molar-refractivity contribution in [2.24, 2.45) is 5.92 Å². The summed E-state index contributed by atoms with van der Waals surface area (Å²) in [6.07, 6.45) is 25.1. The Bertz CT molecular complexity index is 777. The first-order chi connectivity index (χ1) is 18.9. The lowest BCUT2D eigenvalue weighted by Gasteiger charge is -2.29. The lowest BCUT2D eigenvalue weighted by atomic mass is 9.77. The third kappa shape index (κ3) is 15.5. The zero-order valence-corrected chi connectivity index (χ0v) is 27.6. The van der Waals surface area contributed by atoms with Crippen LogP contribution in [0.2, 0.25) is 0 Å². The molecule has 0 bridgehead atoms. The van der Waals surface area contributed by atoms with Crippen LogP contribution in [-0.2, 0) is 22.0 Å². The Morgan fingerprint density at radius 1 is 0.650 bits per heavy atom. The molecule has 0 fully saturated rings. The number of carboxylic acids is 1. The summed E-state index contributed by atoms with van der Waals surface area (Å²) in [7, 11) is 0. The summed E-state index contributed by atoms with van der Waals surface area (Å²) in [4.78, 5) is 12.0. The summed E-state index contributed by atoms with van der Waals surface area (Å²) < 4.78 is 0. The number of carbonyl (C=O) groups is 1. The second-order valence-corrected chi connectivity index (χ2v) is 14.6. The van der Waals surface area contributed by atoms with Crippen molar-refractivity contribution in [3.8, 4) is 5.75 Å². The highest BCUT2D eigenvalue weighted by molar-refractivity contribution is 5.68. The third-order valence-electron chi connectivity index (χ3n) is 8.51. The molecule has 0 radical (unpaired) electrons. The molecular weight excluding hydrogens is 492 g/mol. The molecule has 0 aliphatic carbocycles. The number of carboxylic acid groups (broad SMARTS) is 1. The van der Waals surface area contributed by atoms with E-state index < -0.39 is 11.9 Å². The second kappa shape index (κ2) is 19.6. The second-order valence-electron chi connectivity index (χ2n) is 14.6. The van der Waals surface area contributed by atoms with Crippen LogP contribution < -0.4 is 5.11 Å². The van der Waals surface area contributed by atoms with Gasteiger partial charge in [-0.25, -0.2) is 0 Å². The van der Waals surface area contributed by atoms with Crippen molar-refractivity contribution < 1.29 is 15.0 Å². The predicted octanol–water partition coefficient (Wildman–Crippen LogP) is 10.3. The first-order valence-electron chi connectivity index (χ1n) is 17.0. The summed E-state index contributed by atoms with van der Waals surface area (Å²) >= 11 is 0. The van der Waals surface area contributed by atoms with Gasteiger partial charge in [-0.15, -0.1) is 0 Å². The molecule has 3 heteroatoms. The van der Waals surface area contributed by atoms with Crippen LogP contribution in [0.5, 0.6) is 5.75 Å². The standard InChI is InChI=1S/C37H66O3/c1-8-9-10-11-12-13-14-15-16-17-18-19-20-21-22-23-24-25-26-31(35(39)40)27-30-28-32(36(2,3)4)34(38)33(29-30)37(5,6)7/h28-29,31,38H,8-27H2,1-7H3,(H,39,40)/p-1. The Labute approximate surface area is 248 Å². The summed E-state index contributed by atoms with van der Waals surface area (Å²) in [6, 6.07) is 4.02. The molecule has 0 aliphatic heterocycles. The van der Waals surface area contributed by atoms with E-state index in [1.807, 2.05) is 12.1 Å². The molecule has 3 nitrogen and oxygen atoms in total. The fourth-order valence-corrected chi connectivity index (χ4v) is 5.84. The van der Waals surface area contributed by atoms with Gasteiger partial charge in [-0.2, -0.15) is 0 Å². The zero-order chi connectivity index (χ0) is 30.0. The summed E-state index contributed by atoms with van der Waals surface area (Å²) in [5, 5.41) is 23.0. The van der Waals surface area contributed by atoms with Gasteiger partial charge in [0.15, 0.2) is 0 Å². The van der Waals surface area contributed by atoms with Gasteiger partial charge in [-0.3, -0.25) is 0 Å². The van der Waals surface area contributed by atoms with E-state index in [0.717, 1.165) is 29.5 Å². The molecule has 232 valence electrons. The van der Waals surface area contributed by atoms with Gasteiger partial charge in [0.25, 0.3) is 0 Å².